The molecule has 1 heterocycles. The van der Waals surface area contributed by atoms with Crippen LogP contribution < -0.4 is 14.2 Å². The van der Waals surface area contributed by atoms with Gasteiger partial charge < -0.3 is 23.8 Å². The third-order valence-electron chi connectivity index (χ3n) is 5.80. The number of nitrogens with zero attached hydrogens (tertiary/aromatic N) is 1. The molecule has 2 aromatic rings. The quantitative estimate of drug-likeness (QED) is 0.169. The first-order valence-corrected chi connectivity index (χ1v) is 12.1. The normalized spacial score (nSPS) is 17.2. The standard InChI is InChI=1S/C28H33NO7/c1-5-15-35-21-11-8-19(9-12-21)26(30)24-25(29(14-17-33-4)28(32)27(24)31)20-10-13-22(36-16-6-2)23(18-20)34-7-3/h6,8-13,18,24-25H,2,5,7,14-17H2,1,3-4H3. The first-order valence-electron chi connectivity index (χ1n) is 12.1. The monoisotopic (exact) mass is 495 g/mol. The number of rotatable bonds is 14. The van der Waals surface area contributed by atoms with Crippen LogP contribution in [-0.2, 0) is 14.3 Å². The van der Waals surface area contributed by atoms with E-state index in [0.717, 1.165) is 6.42 Å². The third-order valence-corrected chi connectivity index (χ3v) is 5.80. The van der Waals surface area contributed by atoms with Gasteiger partial charge in [-0.1, -0.05) is 25.6 Å². The molecule has 1 amide bonds. The Morgan fingerprint density at radius 3 is 2.39 bits per heavy atom. The summed E-state index contributed by atoms with van der Waals surface area (Å²) in [6.07, 6.45) is 2.48. The van der Waals surface area contributed by atoms with Crippen LogP contribution in [0.5, 0.6) is 17.2 Å². The van der Waals surface area contributed by atoms with Crippen LogP contribution in [-0.4, -0.2) is 62.5 Å². The van der Waals surface area contributed by atoms with Crippen LogP contribution in [0.2, 0.25) is 0 Å². The second-order valence-corrected chi connectivity index (χ2v) is 8.25. The number of benzene rings is 2. The zero-order valence-corrected chi connectivity index (χ0v) is 21.0. The van der Waals surface area contributed by atoms with E-state index < -0.39 is 29.4 Å². The number of amides is 1. The molecule has 8 nitrogen and oxygen atoms in total. The van der Waals surface area contributed by atoms with Crippen molar-refractivity contribution in [2.75, 3.05) is 40.1 Å². The van der Waals surface area contributed by atoms with Gasteiger partial charge in [-0.3, -0.25) is 14.4 Å². The summed E-state index contributed by atoms with van der Waals surface area (Å²) in [6.45, 7) is 9.14. The number of Topliss-reactive ketones (excluding diaryl/α,β-unsaturated/α-hetero) is 2. The van der Waals surface area contributed by atoms with Gasteiger partial charge in [-0.15, -0.1) is 0 Å². The highest BCUT2D eigenvalue weighted by Crippen LogP contribution is 2.41. The Hall–Kier alpha value is -3.65. The SMILES string of the molecule is C=CCOc1ccc(C2C(C(=O)c3ccc(OCCC)cc3)C(=O)C(=O)N2CCOC)cc1OCC. The average Bonchev–Trinajstić information content (AvgIpc) is 3.15. The Morgan fingerprint density at radius 2 is 1.75 bits per heavy atom. The Morgan fingerprint density at radius 1 is 1.00 bits per heavy atom. The number of hydrogen-bond acceptors (Lipinski definition) is 7. The molecule has 2 aromatic carbocycles. The van der Waals surface area contributed by atoms with E-state index in [9.17, 15) is 14.4 Å². The lowest BCUT2D eigenvalue weighted by Crippen LogP contribution is -2.33. The van der Waals surface area contributed by atoms with Gasteiger partial charge in [0.05, 0.1) is 25.9 Å². The molecule has 36 heavy (non-hydrogen) atoms. The van der Waals surface area contributed by atoms with Crippen LogP contribution in [0.15, 0.2) is 55.1 Å². The molecule has 1 aliphatic heterocycles. The summed E-state index contributed by atoms with van der Waals surface area (Å²) in [4.78, 5) is 41.2. The molecular weight excluding hydrogens is 462 g/mol. The molecule has 2 atom stereocenters. The van der Waals surface area contributed by atoms with Crippen molar-refractivity contribution in [1.82, 2.24) is 4.90 Å². The predicted octanol–water partition coefficient (Wildman–Crippen LogP) is 4.04. The number of ketones is 2. The molecule has 0 radical (unpaired) electrons. The summed E-state index contributed by atoms with van der Waals surface area (Å²) in [5, 5.41) is 0. The van der Waals surface area contributed by atoms with E-state index in [0.29, 0.717) is 48.2 Å². The minimum absolute atomic E-state index is 0.165. The van der Waals surface area contributed by atoms with E-state index in [-0.39, 0.29) is 13.2 Å². The highest BCUT2D eigenvalue weighted by molar-refractivity contribution is 6.44. The molecular formula is C28H33NO7. The third kappa shape index (κ3) is 5.94. The summed E-state index contributed by atoms with van der Waals surface area (Å²) in [7, 11) is 1.51. The molecule has 8 heteroatoms. The maximum absolute atomic E-state index is 13.6. The van der Waals surface area contributed by atoms with E-state index in [2.05, 4.69) is 6.58 Å². The minimum Gasteiger partial charge on any atom is -0.494 e. The van der Waals surface area contributed by atoms with E-state index in [1.54, 1.807) is 48.5 Å². The topological polar surface area (TPSA) is 91.4 Å². The van der Waals surface area contributed by atoms with Gasteiger partial charge in [0.1, 0.15) is 18.3 Å². The highest BCUT2D eigenvalue weighted by atomic mass is 16.5. The van der Waals surface area contributed by atoms with Crippen LogP contribution >= 0.6 is 0 Å². The number of carbonyl (C=O) groups is 3. The first kappa shape index (κ1) is 26.9. The average molecular weight is 496 g/mol. The Labute approximate surface area is 211 Å². The number of methoxy groups -OCH3 is 1. The Bertz CT molecular complexity index is 1080. The smallest absolute Gasteiger partial charge is 0.291 e. The molecule has 1 saturated heterocycles. The molecule has 0 aromatic heterocycles. The second kappa shape index (κ2) is 12.9. The van der Waals surface area contributed by atoms with Gasteiger partial charge in [0, 0.05) is 19.2 Å². The van der Waals surface area contributed by atoms with E-state index >= 15 is 0 Å². The molecule has 2 unspecified atom stereocenters. The van der Waals surface area contributed by atoms with Gasteiger partial charge in [0.2, 0.25) is 5.78 Å². The summed E-state index contributed by atoms with van der Waals surface area (Å²) < 4.78 is 22.2. The Balaban J connectivity index is 2.01. The number of carbonyl (C=O) groups excluding carboxylic acids is 3. The van der Waals surface area contributed by atoms with E-state index in [1.807, 2.05) is 13.8 Å². The predicted molar refractivity (Wildman–Crippen MR) is 135 cm³/mol. The maximum Gasteiger partial charge on any atom is 0.291 e. The molecule has 0 saturated carbocycles. The lowest BCUT2D eigenvalue weighted by Gasteiger charge is -2.27. The van der Waals surface area contributed by atoms with Crippen molar-refractivity contribution in [3.63, 3.8) is 0 Å². The number of likely N-dealkylation sites (tertiary alicyclic amines) is 1. The molecule has 0 N–H and O–H groups in total. The fourth-order valence-electron chi connectivity index (χ4n) is 4.15. The van der Waals surface area contributed by atoms with Gasteiger partial charge >= 0.3 is 0 Å². The van der Waals surface area contributed by atoms with Crippen molar-refractivity contribution in [2.45, 2.75) is 26.3 Å². The maximum atomic E-state index is 13.6. The van der Waals surface area contributed by atoms with Crippen LogP contribution in [0.3, 0.4) is 0 Å². The second-order valence-electron chi connectivity index (χ2n) is 8.25. The van der Waals surface area contributed by atoms with Gasteiger partial charge in [-0.05, 0) is 55.3 Å². The van der Waals surface area contributed by atoms with Gasteiger partial charge in [-0.25, -0.2) is 0 Å². The lowest BCUT2D eigenvalue weighted by atomic mass is 9.86. The largest absolute Gasteiger partial charge is 0.494 e. The van der Waals surface area contributed by atoms with Crippen LogP contribution in [0.25, 0.3) is 0 Å². The van der Waals surface area contributed by atoms with E-state index in [1.165, 1.54) is 12.0 Å². The molecule has 0 spiro atoms. The van der Waals surface area contributed by atoms with Crippen molar-refractivity contribution >= 4 is 17.5 Å². The van der Waals surface area contributed by atoms with Crippen LogP contribution in [0, 0.1) is 5.92 Å². The zero-order chi connectivity index (χ0) is 26.1. The molecule has 0 aliphatic carbocycles. The van der Waals surface area contributed by atoms with Crippen molar-refractivity contribution in [3.05, 3.63) is 66.2 Å². The zero-order valence-electron chi connectivity index (χ0n) is 21.0. The molecule has 1 aliphatic rings. The van der Waals surface area contributed by atoms with Crippen molar-refractivity contribution in [2.24, 2.45) is 5.92 Å². The highest BCUT2D eigenvalue weighted by Gasteiger charge is 2.51. The first-order chi connectivity index (χ1) is 17.5. The van der Waals surface area contributed by atoms with Crippen LogP contribution in [0.4, 0.5) is 0 Å². The summed E-state index contributed by atoms with van der Waals surface area (Å²) in [5.74, 6) is -1.47. The minimum atomic E-state index is -1.20. The Kier molecular flexibility index (Phi) is 9.64. The summed E-state index contributed by atoms with van der Waals surface area (Å²) in [6, 6.07) is 11.0. The number of hydrogen-bond donors (Lipinski definition) is 0. The van der Waals surface area contributed by atoms with E-state index in [4.69, 9.17) is 18.9 Å². The molecule has 0 bridgehead atoms. The fourth-order valence-corrected chi connectivity index (χ4v) is 4.15. The summed E-state index contributed by atoms with van der Waals surface area (Å²) in [5.41, 5.74) is 0.931. The number of ether oxygens (including phenoxy) is 4. The van der Waals surface area contributed by atoms with Crippen molar-refractivity contribution < 1.29 is 33.3 Å². The fraction of sp³-hybridized carbons (Fsp3) is 0.393. The van der Waals surface area contributed by atoms with Gasteiger partial charge in [0.25, 0.3) is 5.91 Å². The molecule has 192 valence electrons. The van der Waals surface area contributed by atoms with Crippen LogP contribution in [0.1, 0.15) is 42.2 Å². The summed E-state index contributed by atoms with van der Waals surface area (Å²) >= 11 is 0. The molecule has 3 rings (SSSR count). The lowest BCUT2D eigenvalue weighted by molar-refractivity contribution is -0.141. The van der Waals surface area contributed by atoms with Gasteiger partial charge in [0.15, 0.2) is 17.3 Å². The van der Waals surface area contributed by atoms with Gasteiger partial charge in [-0.2, -0.15) is 0 Å². The van der Waals surface area contributed by atoms with Crippen molar-refractivity contribution in [1.29, 1.82) is 0 Å². The molecule has 1 fully saturated rings. The van der Waals surface area contributed by atoms with Crippen molar-refractivity contribution in [3.8, 4) is 17.2 Å².